The SMILES string of the molecule is CCNCCc1ccccc1COc1ccccc1F. The third-order valence-corrected chi connectivity index (χ3v) is 3.16. The Hall–Kier alpha value is -1.87. The molecule has 20 heavy (non-hydrogen) atoms. The summed E-state index contributed by atoms with van der Waals surface area (Å²) in [4.78, 5) is 0. The average Bonchev–Trinajstić information content (AvgIpc) is 2.48. The van der Waals surface area contributed by atoms with Crippen LogP contribution in [0.25, 0.3) is 0 Å². The van der Waals surface area contributed by atoms with E-state index in [0.717, 1.165) is 25.1 Å². The van der Waals surface area contributed by atoms with Crippen LogP contribution in [0.3, 0.4) is 0 Å². The van der Waals surface area contributed by atoms with Crippen molar-refractivity contribution in [2.24, 2.45) is 0 Å². The molecule has 0 amide bonds. The van der Waals surface area contributed by atoms with E-state index in [0.29, 0.717) is 12.4 Å². The smallest absolute Gasteiger partial charge is 0.165 e. The first-order chi connectivity index (χ1) is 9.81. The third-order valence-electron chi connectivity index (χ3n) is 3.16. The number of hydrogen-bond donors (Lipinski definition) is 1. The number of nitrogens with one attached hydrogen (secondary N) is 1. The zero-order valence-electron chi connectivity index (χ0n) is 11.7. The van der Waals surface area contributed by atoms with Gasteiger partial charge in [0.2, 0.25) is 0 Å². The number of halogens is 1. The molecule has 0 saturated carbocycles. The van der Waals surface area contributed by atoms with Crippen LogP contribution in [0.15, 0.2) is 48.5 Å². The van der Waals surface area contributed by atoms with Gasteiger partial charge in [-0.2, -0.15) is 0 Å². The molecule has 0 spiro atoms. The lowest BCUT2D eigenvalue weighted by molar-refractivity contribution is 0.289. The fourth-order valence-electron chi connectivity index (χ4n) is 2.06. The molecular weight excluding hydrogens is 253 g/mol. The molecule has 0 saturated heterocycles. The van der Waals surface area contributed by atoms with Gasteiger partial charge in [-0.3, -0.25) is 0 Å². The molecule has 0 unspecified atom stereocenters. The first-order valence-electron chi connectivity index (χ1n) is 6.96. The highest BCUT2D eigenvalue weighted by molar-refractivity contribution is 5.29. The lowest BCUT2D eigenvalue weighted by Crippen LogP contribution is -2.17. The molecule has 0 bridgehead atoms. The zero-order valence-corrected chi connectivity index (χ0v) is 11.7. The summed E-state index contributed by atoms with van der Waals surface area (Å²) >= 11 is 0. The minimum atomic E-state index is -0.322. The summed E-state index contributed by atoms with van der Waals surface area (Å²) in [5, 5.41) is 3.31. The molecule has 0 radical (unpaired) electrons. The van der Waals surface area contributed by atoms with Crippen molar-refractivity contribution in [2.45, 2.75) is 20.0 Å². The first-order valence-corrected chi connectivity index (χ1v) is 6.96. The van der Waals surface area contributed by atoms with E-state index in [1.165, 1.54) is 11.6 Å². The Morgan fingerprint density at radius 3 is 2.45 bits per heavy atom. The summed E-state index contributed by atoms with van der Waals surface area (Å²) in [5.74, 6) is -0.0217. The van der Waals surface area contributed by atoms with Gasteiger partial charge in [-0.05, 0) is 42.8 Å². The molecule has 3 heteroatoms. The summed E-state index contributed by atoms with van der Waals surface area (Å²) in [6, 6.07) is 14.6. The zero-order chi connectivity index (χ0) is 14.2. The van der Waals surface area contributed by atoms with Crippen molar-refractivity contribution in [2.75, 3.05) is 13.1 Å². The largest absolute Gasteiger partial charge is 0.486 e. The lowest BCUT2D eigenvalue weighted by Gasteiger charge is -2.11. The molecule has 2 rings (SSSR count). The van der Waals surface area contributed by atoms with Crippen molar-refractivity contribution in [1.82, 2.24) is 5.32 Å². The average molecular weight is 273 g/mol. The molecule has 2 aromatic carbocycles. The summed E-state index contributed by atoms with van der Waals surface area (Å²) in [6.45, 7) is 4.39. The maximum absolute atomic E-state index is 13.5. The minimum Gasteiger partial charge on any atom is -0.486 e. The van der Waals surface area contributed by atoms with Crippen LogP contribution in [-0.2, 0) is 13.0 Å². The van der Waals surface area contributed by atoms with E-state index >= 15 is 0 Å². The van der Waals surface area contributed by atoms with Gasteiger partial charge in [0, 0.05) is 0 Å². The van der Waals surface area contributed by atoms with Gasteiger partial charge in [0.15, 0.2) is 11.6 Å². The van der Waals surface area contributed by atoms with Crippen LogP contribution < -0.4 is 10.1 Å². The van der Waals surface area contributed by atoms with Crippen LogP contribution in [0.1, 0.15) is 18.1 Å². The van der Waals surface area contributed by atoms with Gasteiger partial charge in [-0.1, -0.05) is 43.3 Å². The molecule has 0 aliphatic rings. The number of ether oxygens (including phenoxy) is 1. The second kappa shape index (κ2) is 7.65. The molecular formula is C17H20FNO. The molecule has 0 atom stereocenters. The van der Waals surface area contributed by atoms with Crippen molar-refractivity contribution < 1.29 is 9.13 Å². The van der Waals surface area contributed by atoms with Crippen LogP contribution >= 0.6 is 0 Å². The van der Waals surface area contributed by atoms with E-state index in [1.54, 1.807) is 18.2 Å². The lowest BCUT2D eigenvalue weighted by atomic mass is 10.1. The maximum atomic E-state index is 13.5. The molecule has 0 aliphatic carbocycles. The van der Waals surface area contributed by atoms with Crippen molar-refractivity contribution >= 4 is 0 Å². The quantitative estimate of drug-likeness (QED) is 0.779. The standard InChI is InChI=1S/C17H20FNO/c1-2-19-12-11-14-7-3-4-8-15(14)13-20-17-10-6-5-9-16(17)18/h3-10,19H,2,11-13H2,1H3. The van der Waals surface area contributed by atoms with Crippen LogP contribution in [0, 0.1) is 5.82 Å². The van der Waals surface area contributed by atoms with Crippen molar-refractivity contribution in [3.8, 4) is 5.75 Å². The van der Waals surface area contributed by atoms with Crippen molar-refractivity contribution in [1.29, 1.82) is 0 Å². The molecule has 2 nitrogen and oxygen atoms in total. The number of benzene rings is 2. The monoisotopic (exact) mass is 273 g/mol. The van der Waals surface area contributed by atoms with Crippen LogP contribution in [0.4, 0.5) is 4.39 Å². The van der Waals surface area contributed by atoms with Gasteiger partial charge in [0.05, 0.1) is 0 Å². The minimum absolute atomic E-state index is 0.300. The van der Waals surface area contributed by atoms with E-state index in [2.05, 4.69) is 18.3 Å². The predicted molar refractivity (Wildman–Crippen MR) is 79.4 cm³/mol. The predicted octanol–water partition coefficient (Wildman–Crippen LogP) is 3.56. The van der Waals surface area contributed by atoms with E-state index < -0.39 is 0 Å². The van der Waals surface area contributed by atoms with Gasteiger partial charge < -0.3 is 10.1 Å². The highest BCUT2D eigenvalue weighted by Crippen LogP contribution is 2.18. The Kier molecular flexibility index (Phi) is 5.56. The fourth-order valence-corrected chi connectivity index (χ4v) is 2.06. The second-order valence-corrected chi connectivity index (χ2v) is 4.59. The molecule has 0 heterocycles. The molecule has 106 valence electrons. The maximum Gasteiger partial charge on any atom is 0.165 e. The summed E-state index contributed by atoms with van der Waals surface area (Å²) in [6.07, 6.45) is 0.949. The Labute approximate surface area is 119 Å². The second-order valence-electron chi connectivity index (χ2n) is 4.59. The highest BCUT2D eigenvalue weighted by atomic mass is 19.1. The Balaban J connectivity index is 2.00. The van der Waals surface area contributed by atoms with Crippen molar-refractivity contribution in [3.63, 3.8) is 0 Å². The van der Waals surface area contributed by atoms with Crippen LogP contribution in [-0.4, -0.2) is 13.1 Å². The molecule has 2 aromatic rings. The van der Waals surface area contributed by atoms with Crippen molar-refractivity contribution in [3.05, 3.63) is 65.5 Å². The number of likely N-dealkylation sites (N-methyl/N-ethyl adjacent to an activating group) is 1. The van der Waals surface area contributed by atoms with Crippen LogP contribution in [0.2, 0.25) is 0 Å². The summed E-state index contributed by atoms with van der Waals surface area (Å²) < 4.78 is 19.1. The van der Waals surface area contributed by atoms with E-state index in [4.69, 9.17) is 4.74 Å². The molecule has 0 aliphatic heterocycles. The summed E-state index contributed by atoms with van der Waals surface area (Å²) in [7, 11) is 0. The van der Waals surface area contributed by atoms with E-state index in [-0.39, 0.29) is 5.82 Å². The fraction of sp³-hybridized carbons (Fsp3) is 0.294. The van der Waals surface area contributed by atoms with E-state index in [9.17, 15) is 4.39 Å². The Bertz CT molecular complexity index is 542. The van der Waals surface area contributed by atoms with Crippen LogP contribution in [0.5, 0.6) is 5.75 Å². The van der Waals surface area contributed by atoms with E-state index in [1.807, 2.05) is 18.2 Å². The highest BCUT2D eigenvalue weighted by Gasteiger charge is 2.05. The topological polar surface area (TPSA) is 21.3 Å². The Morgan fingerprint density at radius 2 is 1.70 bits per heavy atom. The molecule has 1 N–H and O–H groups in total. The van der Waals surface area contributed by atoms with Gasteiger partial charge in [0.1, 0.15) is 6.61 Å². The summed E-state index contributed by atoms with van der Waals surface area (Å²) in [5.41, 5.74) is 2.35. The molecule has 0 fully saturated rings. The first kappa shape index (κ1) is 14.5. The number of para-hydroxylation sites is 1. The Morgan fingerprint density at radius 1 is 1.00 bits per heavy atom. The van der Waals surface area contributed by atoms with Gasteiger partial charge in [0.25, 0.3) is 0 Å². The van der Waals surface area contributed by atoms with Gasteiger partial charge in [-0.15, -0.1) is 0 Å². The number of hydrogen-bond acceptors (Lipinski definition) is 2. The molecule has 0 aromatic heterocycles. The van der Waals surface area contributed by atoms with Gasteiger partial charge in [-0.25, -0.2) is 4.39 Å². The van der Waals surface area contributed by atoms with Gasteiger partial charge >= 0.3 is 0 Å². The third kappa shape index (κ3) is 4.07. The number of rotatable bonds is 7. The normalized spacial score (nSPS) is 10.5.